The molecule has 1 aliphatic heterocycles. The Hall–Kier alpha value is -2.07. The van der Waals surface area contributed by atoms with Gasteiger partial charge in [-0.15, -0.1) is 0 Å². The van der Waals surface area contributed by atoms with Gasteiger partial charge in [-0.05, 0) is 18.8 Å². The van der Waals surface area contributed by atoms with Crippen LogP contribution in [-0.4, -0.2) is 73.5 Å². The fraction of sp³-hybridized carbons (Fsp3) is 0.684. The summed E-state index contributed by atoms with van der Waals surface area (Å²) in [5.41, 5.74) is 1.38. The molecule has 4 rings (SSSR count). The van der Waals surface area contributed by atoms with Crippen molar-refractivity contribution < 1.29 is 9.32 Å². The van der Waals surface area contributed by atoms with Crippen LogP contribution in [0.5, 0.6) is 0 Å². The lowest BCUT2D eigenvalue weighted by Gasteiger charge is -2.28. The molecule has 2 aliphatic rings. The van der Waals surface area contributed by atoms with Gasteiger partial charge in [-0.2, -0.15) is 4.98 Å². The minimum atomic E-state index is -0.768. The van der Waals surface area contributed by atoms with Gasteiger partial charge in [0.25, 0.3) is 0 Å². The number of fused-ring (bicyclic) bond motifs is 1. The Bertz CT molecular complexity index is 850. The van der Waals surface area contributed by atoms with Gasteiger partial charge in [0.1, 0.15) is 17.4 Å². The van der Waals surface area contributed by atoms with Crippen molar-refractivity contribution in [2.75, 3.05) is 59.8 Å². The first-order valence-electron chi connectivity index (χ1n) is 10.5. The summed E-state index contributed by atoms with van der Waals surface area (Å²) in [6.45, 7) is 2.60. The van der Waals surface area contributed by atoms with Crippen molar-refractivity contribution in [2.24, 2.45) is 5.92 Å². The van der Waals surface area contributed by atoms with E-state index in [1.165, 1.54) is 32.1 Å². The Kier molecular flexibility index (Phi) is 6.70. The lowest BCUT2D eigenvalue weighted by atomic mass is 9.89. The Labute approximate surface area is 173 Å². The molecule has 3 heterocycles. The van der Waals surface area contributed by atoms with Crippen molar-refractivity contribution in [3.05, 3.63) is 6.33 Å². The van der Waals surface area contributed by atoms with Crippen molar-refractivity contribution in [1.29, 1.82) is 0 Å². The maximum absolute atomic E-state index is 11.8. The smallest absolute Gasteiger partial charge is 0.225 e. The summed E-state index contributed by atoms with van der Waals surface area (Å²) in [5.74, 6) is 3.82. The van der Waals surface area contributed by atoms with Gasteiger partial charge in [0.2, 0.25) is 5.95 Å². The molecule has 2 aromatic heterocycles. The second-order valence-electron chi connectivity index (χ2n) is 7.66. The molecule has 0 radical (unpaired) electrons. The number of aliphatic hydroxyl groups excluding tert-OH is 1. The van der Waals surface area contributed by atoms with E-state index in [1.807, 2.05) is 0 Å². The highest BCUT2D eigenvalue weighted by Crippen LogP contribution is 2.29. The predicted octanol–water partition coefficient (Wildman–Crippen LogP) is 1.38. The fourth-order valence-corrected chi connectivity index (χ4v) is 5.06. The van der Waals surface area contributed by atoms with Crippen LogP contribution in [0.4, 0.5) is 17.6 Å². The van der Waals surface area contributed by atoms with E-state index in [9.17, 15) is 9.32 Å². The van der Waals surface area contributed by atoms with Crippen LogP contribution in [0.2, 0.25) is 0 Å². The van der Waals surface area contributed by atoms with Crippen molar-refractivity contribution in [3.63, 3.8) is 0 Å². The molecule has 0 bridgehead atoms. The standard InChI is InChI=1S/C19H29N7O2S/c27-9-6-20-19-24-15-16(18(25-19)26-7-10-29(28)11-8-26)22-13-23-17(15)21-12-14-4-2-1-3-5-14/h13-14,27H,1-12H2,(H,20,24,25)(H,21,22,23). The SMILES string of the molecule is O=S1CCN(c2nc(NCCO)nc3c(NCC4CCCCC4)ncnc23)CC1. The molecule has 1 aliphatic carbocycles. The van der Waals surface area contributed by atoms with Crippen LogP contribution >= 0.6 is 0 Å². The number of aromatic nitrogens is 4. The van der Waals surface area contributed by atoms with Crippen LogP contribution in [0.25, 0.3) is 11.0 Å². The molecule has 0 aromatic carbocycles. The number of hydrogen-bond donors (Lipinski definition) is 3. The number of nitrogens with one attached hydrogen (secondary N) is 2. The minimum absolute atomic E-state index is 0.00248. The molecule has 158 valence electrons. The van der Waals surface area contributed by atoms with Crippen LogP contribution < -0.4 is 15.5 Å². The summed E-state index contributed by atoms with van der Waals surface area (Å²) in [7, 11) is -0.768. The van der Waals surface area contributed by atoms with Gasteiger partial charge < -0.3 is 20.6 Å². The summed E-state index contributed by atoms with van der Waals surface area (Å²) < 4.78 is 11.8. The largest absolute Gasteiger partial charge is 0.395 e. The van der Waals surface area contributed by atoms with E-state index in [0.29, 0.717) is 54.0 Å². The number of nitrogens with zero attached hydrogens (tertiary/aromatic N) is 5. The molecule has 0 spiro atoms. The molecule has 0 atom stereocenters. The normalized spacial score (nSPS) is 18.9. The average Bonchev–Trinajstić information content (AvgIpc) is 2.77. The average molecular weight is 420 g/mol. The minimum Gasteiger partial charge on any atom is -0.395 e. The van der Waals surface area contributed by atoms with Gasteiger partial charge in [-0.3, -0.25) is 4.21 Å². The third-order valence-corrected chi connectivity index (χ3v) is 6.89. The predicted molar refractivity (Wildman–Crippen MR) is 116 cm³/mol. The van der Waals surface area contributed by atoms with Crippen LogP contribution in [0, 0.1) is 5.92 Å². The molecule has 3 N–H and O–H groups in total. The first kappa shape index (κ1) is 20.2. The molecule has 9 nitrogen and oxygen atoms in total. The van der Waals surface area contributed by atoms with Crippen molar-refractivity contribution in [1.82, 2.24) is 19.9 Å². The van der Waals surface area contributed by atoms with E-state index in [1.54, 1.807) is 6.33 Å². The third kappa shape index (κ3) is 4.92. The molecule has 10 heteroatoms. The van der Waals surface area contributed by atoms with Gasteiger partial charge in [0.15, 0.2) is 11.6 Å². The zero-order valence-electron chi connectivity index (χ0n) is 16.6. The summed E-state index contributed by atoms with van der Waals surface area (Å²) in [6.07, 6.45) is 8.00. The summed E-state index contributed by atoms with van der Waals surface area (Å²) in [6, 6.07) is 0. The molecular formula is C19H29N7O2S. The lowest BCUT2D eigenvalue weighted by molar-refractivity contribution is 0.311. The van der Waals surface area contributed by atoms with Crippen LogP contribution in [0.1, 0.15) is 32.1 Å². The number of aliphatic hydroxyl groups is 1. The molecule has 0 amide bonds. The highest BCUT2D eigenvalue weighted by atomic mass is 32.2. The van der Waals surface area contributed by atoms with E-state index >= 15 is 0 Å². The maximum Gasteiger partial charge on any atom is 0.225 e. The topological polar surface area (TPSA) is 116 Å². The Morgan fingerprint density at radius 2 is 1.86 bits per heavy atom. The van der Waals surface area contributed by atoms with Crippen LogP contribution in [0.3, 0.4) is 0 Å². The zero-order valence-corrected chi connectivity index (χ0v) is 17.5. The van der Waals surface area contributed by atoms with Gasteiger partial charge in [-0.1, -0.05) is 19.3 Å². The lowest BCUT2D eigenvalue weighted by Crippen LogP contribution is -2.38. The second-order valence-corrected chi connectivity index (χ2v) is 9.36. The van der Waals surface area contributed by atoms with Crippen LogP contribution in [-0.2, 0) is 10.8 Å². The van der Waals surface area contributed by atoms with Gasteiger partial charge in [0, 0.05) is 48.5 Å². The van der Waals surface area contributed by atoms with Gasteiger partial charge in [-0.25, -0.2) is 15.0 Å². The number of hydrogen-bond acceptors (Lipinski definition) is 9. The molecule has 2 fully saturated rings. The third-order valence-electron chi connectivity index (χ3n) is 5.62. The van der Waals surface area contributed by atoms with E-state index in [-0.39, 0.29) is 6.61 Å². The van der Waals surface area contributed by atoms with E-state index in [0.717, 1.165) is 18.2 Å². The Morgan fingerprint density at radius 3 is 2.62 bits per heavy atom. The van der Waals surface area contributed by atoms with E-state index < -0.39 is 10.8 Å². The van der Waals surface area contributed by atoms with Crippen molar-refractivity contribution in [2.45, 2.75) is 32.1 Å². The summed E-state index contributed by atoms with van der Waals surface area (Å²) in [4.78, 5) is 20.3. The van der Waals surface area contributed by atoms with Crippen molar-refractivity contribution in [3.8, 4) is 0 Å². The molecule has 2 aromatic rings. The molecule has 1 saturated heterocycles. The molecule has 29 heavy (non-hydrogen) atoms. The zero-order chi connectivity index (χ0) is 20.1. The van der Waals surface area contributed by atoms with Crippen LogP contribution in [0.15, 0.2) is 6.33 Å². The fourth-order valence-electron chi connectivity index (χ4n) is 4.01. The van der Waals surface area contributed by atoms with E-state index in [2.05, 4.69) is 35.5 Å². The van der Waals surface area contributed by atoms with E-state index in [4.69, 9.17) is 0 Å². The monoisotopic (exact) mass is 419 g/mol. The molecular weight excluding hydrogens is 390 g/mol. The summed E-state index contributed by atoms with van der Waals surface area (Å²) >= 11 is 0. The first-order chi connectivity index (χ1) is 14.2. The number of rotatable bonds is 7. The summed E-state index contributed by atoms with van der Waals surface area (Å²) in [5, 5.41) is 15.7. The Balaban J connectivity index is 1.65. The highest BCUT2D eigenvalue weighted by Gasteiger charge is 2.22. The highest BCUT2D eigenvalue weighted by molar-refractivity contribution is 7.85. The molecule has 1 saturated carbocycles. The quantitative estimate of drug-likeness (QED) is 0.612. The first-order valence-corrected chi connectivity index (χ1v) is 11.9. The van der Waals surface area contributed by atoms with Gasteiger partial charge >= 0.3 is 0 Å². The maximum atomic E-state index is 11.8. The van der Waals surface area contributed by atoms with Gasteiger partial charge in [0.05, 0.1) is 6.61 Å². The number of anilines is 3. The Morgan fingerprint density at radius 1 is 1.07 bits per heavy atom. The van der Waals surface area contributed by atoms with Crippen molar-refractivity contribution >= 4 is 39.4 Å². The molecule has 0 unspecified atom stereocenters. The second kappa shape index (κ2) is 9.62.